The molecule has 0 saturated heterocycles. The molecule has 0 bridgehead atoms. The average molecular weight is 291 g/mol. The number of ether oxygens (including phenoxy) is 1. The van der Waals surface area contributed by atoms with Crippen molar-refractivity contribution in [3.05, 3.63) is 23.9 Å². The minimum absolute atomic E-state index is 0.285. The molecule has 1 aromatic heterocycles. The molecule has 0 radical (unpaired) electrons. The summed E-state index contributed by atoms with van der Waals surface area (Å²) in [7, 11) is 6.10. The molecule has 2 atom stereocenters. The van der Waals surface area contributed by atoms with Gasteiger partial charge in [0.15, 0.2) is 0 Å². The summed E-state index contributed by atoms with van der Waals surface area (Å²) in [5.41, 5.74) is 1.41. The number of aromatic nitrogens is 1. The highest BCUT2D eigenvalue weighted by molar-refractivity contribution is 5.25. The van der Waals surface area contributed by atoms with E-state index in [-0.39, 0.29) is 5.54 Å². The van der Waals surface area contributed by atoms with Gasteiger partial charge in [-0.15, -0.1) is 0 Å². The van der Waals surface area contributed by atoms with Crippen molar-refractivity contribution in [2.75, 3.05) is 27.7 Å². The van der Waals surface area contributed by atoms with Crippen molar-refractivity contribution in [1.82, 2.24) is 15.2 Å². The molecule has 4 nitrogen and oxygen atoms in total. The van der Waals surface area contributed by atoms with Gasteiger partial charge in [-0.1, -0.05) is 25.8 Å². The maximum atomic E-state index is 5.32. The van der Waals surface area contributed by atoms with Crippen LogP contribution in [0.1, 0.15) is 38.2 Å². The van der Waals surface area contributed by atoms with Gasteiger partial charge < -0.3 is 15.0 Å². The molecule has 0 aromatic carbocycles. The monoisotopic (exact) mass is 291 g/mol. The van der Waals surface area contributed by atoms with Gasteiger partial charge in [0.05, 0.1) is 7.11 Å². The number of hydrogen-bond acceptors (Lipinski definition) is 4. The molecule has 2 unspecified atom stereocenters. The molecule has 118 valence electrons. The van der Waals surface area contributed by atoms with Gasteiger partial charge in [-0.25, -0.2) is 4.98 Å². The maximum absolute atomic E-state index is 5.32. The van der Waals surface area contributed by atoms with Gasteiger partial charge in [-0.2, -0.15) is 0 Å². The van der Waals surface area contributed by atoms with Crippen LogP contribution in [0.25, 0.3) is 0 Å². The smallest absolute Gasteiger partial charge is 0.217 e. The van der Waals surface area contributed by atoms with Crippen LogP contribution in [-0.2, 0) is 6.54 Å². The lowest BCUT2D eigenvalue weighted by Gasteiger charge is -2.45. The summed E-state index contributed by atoms with van der Waals surface area (Å²) in [6, 6.07) is 4.04. The SMILES string of the molecule is COc1ncccc1CNCC1(N(C)C)CCCC(C)C1. The number of rotatable bonds is 6. The molecule has 2 rings (SSSR count). The Morgan fingerprint density at radius 1 is 1.48 bits per heavy atom. The minimum Gasteiger partial charge on any atom is -0.481 e. The quantitative estimate of drug-likeness (QED) is 0.874. The third-order valence-corrected chi connectivity index (χ3v) is 4.83. The molecule has 1 aromatic rings. The topological polar surface area (TPSA) is 37.4 Å². The Morgan fingerprint density at radius 3 is 2.95 bits per heavy atom. The number of hydrogen-bond donors (Lipinski definition) is 1. The molecular weight excluding hydrogens is 262 g/mol. The highest BCUT2D eigenvalue weighted by Gasteiger charge is 2.36. The third-order valence-electron chi connectivity index (χ3n) is 4.83. The van der Waals surface area contributed by atoms with Gasteiger partial charge in [0.2, 0.25) is 5.88 Å². The Morgan fingerprint density at radius 2 is 2.29 bits per heavy atom. The van der Waals surface area contributed by atoms with E-state index in [2.05, 4.69) is 42.3 Å². The Labute approximate surface area is 128 Å². The number of nitrogens with zero attached hydrogens (tertiary/aromatic N) is 2. The van der Waals surface area contributed by atoms with Crippen LogP contribution in [0, 0.1) is 5.92 Å². The molecule has 1 fully saturated rings. The van der Waals surface area contributed by atoms with Crippen LogP contribution >= 0.6 is 0 Å². The summed E-state index contributed by atoms with van der Waals surface area (Å²) < 4.78 is 5.32. The fraction of sp³-hybridized carbons (Fsp3) is 0.706. The van der Waals surface area contributed by atoms with Crippen molar-refractivity contribution in [1.29, 1.82) is 0 Å². The molecule has 0 spiro atoms. The van der Waals surface area contributed by atoms with Gasteiger partial charge in [0, 0.05) is 30.4 Å². The molecule has 21 heavy (non-hydrogen) atoms. The van der Waals surface area contributed by atoms with E-state index >= 15 is 0 Å². The van der Waals surface area contributed by atoms with Crippen LogP contribution in [0.2, 0.25) is 0 Å². The molecule has 0 amide bonds. The zero-order valence-electron chi connectivity index (χ0n) is 13.9. The Balaban J connectivity index is 1.96. The van der Waals surface area contributed by atoms with Crippen LogP contribution < -0.4 is 10.1 Å². The predicted octanol–water partition coefficient (Wildman–Crippen LogP) is 2.69. The second kappa shape index (κ2) is 7.23. The first-order valence-electron chi connectivity index (χ1n) is 7.93. The van der Waals surface area contributed by atoms with Crippen LogP contribution in [-0.4, -0.2) is 43.2 Å². The highest BCUT2D eigenvalue weighted by atomic mass is 16.5. The van der Waals surface area contributed by atoms with Crippen LogP contribution in [0.5, 0.6) is 5.88 Å². The molecule has 4 heteroatoms. The normalized spacial score (nSPS) is 26.0. The van der Waals surface area contributed by atoms with Crippen molar-refractivity contribution in [3.8, 4) is 5.88 Å². The summed E-state index contributed by atoms with van der Waals surface area (Å²) >= 11 is 0. The third kappa shape index (κ3) is 3.95. The molecule has 1 aliphatic carbocycles. The summed E-state index contributed by atoms with van der Waals surface area (Å²) in [5.74, 6) is 1.54. The molecular formula is C17H29N3O. The standard InChI is InChI=1S/C17H29N3O/c1-14-7-5-9-17(11-14,20(2)3)13-18-12-15-8-6-10-19-16(15)21-4/h6,8,10,14,18H,5,7,9,11-13H2,1-4H3. The first-order chi connectivity index (χ1) is 10.1. The number of nitrogens with one attached hydrogen (secondary N) is 1. The van der Waals surface area contributed by atoms with Crippen molar-refractivity contribution >= 4 is 0 Å². The Hall–Kier alpha value is -1.13. The number of pyridine rings is 1. The second-order valence-electron chi connectivity index (χ2n) is 6.60. The van der Waals surface area contributed by atoms with E-state index < -0.39 is 0 Å². The van der Waals surface area contributed by atoms with E-state index in [9.17, 15) is 0 Å². The fourth-order valence-electron chi connectivity index (χ4n) is 3.53. The lowest BCUT2D eigenvalue weighted by atomic mass is 9.75. The maximum Gasteiger partial charge on any atom is 0.217 e. The van der Waals surface area contributed by atoms with E-state index in [1.807, 2.05) is 6.07 Å². The lowest BCUT2D eigenvalue weighted by molar-refractivity contribution is 0.0749. The van der Waals surface area contributed by atoms with E-state index in [0.717, 1.165) is 30.5 Å². The zero-order chi connectivity index (χ0) is 15.3. The van der Waals surface area contributed by atoms with E-state index in [1.54, 1.807) is 13.3 Å². The summed E-state index contributed by atoms with van der Waals surface area (Å²) in [6.45, 7) is 4.20. The number of likely N-dealkylation sites (N-methyl/N-ethyl adjacent to an activating group) is 1. The highest BCUT2D eigenvalue weighted by Crippen LogP contribution is 2.35. The van der Waals surface area contributed by atoms with Gasteiger partial charge in [-0.3, -0.25) is 0 Å². The van der Waals surface area contributed by atoms with Gasteiger partial charge in [-0.05, 0) is 38.9 Å². The zero-order valence-corrected chi connectivity index (χ0v) is 13.9. The largest absolute Gasteiger partial charge is 0.481 e. The average Bonchev–Trinajstić information content (AvgIpc) is 2.47. The van der Waals surface area contributed by atoms with Crippen molar-refractivity contribution in [2.45, 2.75) is 44.7 Å². The molecule has 1 heterocycles. The lowest BCUT2D eigenvalue weighted by Crippen LogP contribution is -2.54. The van der Waals surface area contributed by atoms with Gasteiger partial charge in [0.1, 0.15) is 0 Å². The van der Waals surface area contributed by atoms with Crippen molar-refractivity contribution in [2.24, 2.45) is 5.92 Å². The van der Waals surface area contributed by atoms with Gasteiger partial charge >= 0.3 is 0 Å². The van der Waals surface area contributed by atoms with Crippen LogP contribution in [0.15, 0.2) is 18.3 Å². The molecule has 0 aliphatic heterocycles. The minimum atomic E-state index is 0.285. The van der Waals surface area contributed by atoms with Crippen molar-refractivity contribution in [3.63, 3.8) is 0 Å². The predicted molar refractivity (Wildman–Crippen MR) is 86.5 cm³/mol. The van der Waals surface area contributed by atoms with Crippen molar-refractivity contribution < 1.29 is 4.74 Å². The molecule has 1 N–H and O–H groups in total. The van der Waals surface area contributed by atoms with Crippen LogP contribution in [0.3, 0.4) is 0 Å². The summed E-state index contributed by atoms with van der Waals surface area (Å²) in [5, 5.41) is 3.63. The van der Waals surface area contributed by atoms with Gasteiger partial charge in [0.25, 0.3) is 0 Å². The first kappa shape index (κ1) is 16.2. The summed E-state index contributed by atoms with van der Waals surface area (Å²) in [6.07, 6.45) is 7.02. The van der Waals surface area contributed by atoms with E-state index in [4.69, 9.17) is 4.74 Å². The Kier molecular flexibility index (Phi) is 5.59. The van der Waals surface area contributed by atoms with Crippen LogP contribution in [0.4, 0.5) is 0 Å². The number of methoxy groups -OCH3 is 1. The molecule has 1 aliphatic rings. The molecule has 1 saturated carbocycles. The first-order valence-corrected chi connectivity index (χ1v) is 7.93. The van der Waals surface area contributed by atoms with E-state index in [0.29, 0.717) is 0 Å². The van der Waals surface area contributed by atoms with E-state index in [1.165, 1.54) is 25.7 Å². The summed E-state index contributed by atoms with van der Waals surface area (Å²) in [4.78, 5) is 6.67. The fourth-order valence-corrected chi connectivity index (χ4v) is 3.53. The Bertz CT molecular complexity index is 449. The second-order valence-corrected chi connectivity index (χ2v) is 6.60.